The van der Waals surface area contributed by atoms with Crippen molar-refractivity contribution in [3.8, 4) is 5.75 Å². The van der Waals surface area contributed by atoms with E-state index in [1.54, 1.807) is 17.0 Å². The van der Waals surface area contributed by atoms with E-state index in [-0.39, 0.29) is 23.7 Å². The molecule has 0 spiro atoms. The van der Waals surface area contributed by atoms with Gasteiger partial charge in [-0.1, -0.05) is 26.3 Å². The third kappa shape index (κ3) is 3.94. The Morgan fingerprint density at radius 1 is 1.57 bits per heavy atom. The van der Waals surface area contributed by atoms with Crippen molar-refractivity contribution in [1.82, 2.24) is 4.90 Å². The maximum atomic E-state index is 13.1. The van der Waals surface area contributed by atoms with Crippen molar-refractivity contribution >= 4 is 5.91 Å². The summed E-state index contributed by atoms with van der Waals surface area (Å²) in [7, 11) is 0. The molecule has 5 heteroatoms. The molecule has 0 aromatic heterocycles. The summed E-state index contributed by atoms with van der Waals surface area (Å²) in [5, 5.41) is 9.98. The molecule has 1 aliphatic rings. The van der Waals surface area contributed by atoms with Gasteiger partial charge in [-0.25, -0.2) is 4.39 Å². The molecule has 21 heavy (non-hydrogen) atoms. The molecule has 1 saturated heterocycles. The maximum Gasteiger partial charge on any atom is 0.251 e. The van der Waals surface area contributed by atoms with E-state index in [4.69, 9.17) is 4.74 Å². The predicted octanol–water partition coefficient (Wildman–Crippen LogP) is 2.21. The van der Waals surface area contributed by atoms with Crippen molar-refractivity contribution in [1.29, 1.82) is 0 Å². The number of hydrogen-bond donors (Lipinski definition) is 1. The van der Waals surface area contributed by atoms with Crippen LogP contribution in [0.2, 0.25) is 0 Å². The van der Waals surface area contributed by atoms with Crippen LogP contribution in [0.25, 0.3) is 0 Å². The first-order valence-corrected chi connectivity index (χ1v) is 7.40. The van der Waals surface area contributed by atoms with Gasteiger partial charge >= 0.3 is 0 Å². The third-order valence-corrected chi connectivity index (χ3v) is 3.99. The molecule has 0 radical (unpaired) electrons. The highest BCUT2D eigenvalue weighted by Gasteiger charge is 2.32. The second kappa shape index (κ2) is 6.89. The minimum absolute atomic E-state index is 0.0549. The van der Waals surface area contributed by atoms with Crippen LogP contribution in [0, 0.1) is 11.7 Å². The summed E-state index contributed by atoms with van der Waals surface area (Å²) in [6, 6.07) is 5.98. The van der Waals surface area contributed by atoms with E-state index in [1.165, 1.54) is 12.1 Å². The highest BCUT2D eigenvalue weighted by molar-refractivity contribution is 5.81. The van der Waals surface area contributed by atoms with Gasteiger partial charge in [-0.3, -0.25) is 4.79 Å². The number of carbonyl (C=O) groups excluding carboxylic acids is 1. The van der Waals surface area contributed by atoms with Gasteiger partial charge < -0.3 is 14.7 Å². The van der Waals surface area contributed by atoms with E-state index < -0.39 is 6.10 Å². The lowest BCUT2D eigenvalue weighted by atomic mass is 10.0. The first kappa shape index (κ1) is 15.8. The first-order chi connectivity index (χ1) is 10.0. The maximum absolute atomic E-state index is 13.1. The van der Waals surface area contributed by atoms with Crippen LogP contribution in [0.15, 0.2) is 24.3 Å². The van der Waals surface area contributed by atoms with E-state index in [0.29, 0.717) is 25.3 Å². The molecule has 4 nitrogen and oxygen atoms in total. The Hall–Kier alpha value is -1.62. The summed E-state index contributed by atoms with van der Waals surface area (Å²) in [5.74, 6) is -0.169. The van der Waals surface area contributed by atoms with Crippen LogP contribution in [-0.2, 0) is 4.79 Å². The monoisotopic (exact) mass is 295 g/mol. The van der Waals surface area contributed by atoms with Crippen molar-refractivity contribution in [2.24, 2.45) is 5.92 Å². The number of hydrogen-bond acceptors (Lipinski definition) is 3. The normalized spacial score (nSPS) is 21.1. The lowest BCUT2D eigenvalue weighted by Crippen LogP contribution is -2.41. The Bertz CT molecular complexity index is 494. The van der Waals surface area contributed by atoms with Gasteiger partial charge in [0.05, 0.1) is 6.54 Å². The van der Waals surface area contributed by atoms with E-state index >= 15 is 0 Å². The number of aliphatic hydroxyl groups excluding tert-OH is 1. The fourth-order valence-electron chi connectivity index (χ4n) is 2.41. The number of rotatable bonds is 5. The van der Waals surface area contributed by atoms with Gasteiger partial charge in [-0.2, -0.15) is 0 Å². The number of ether oxygens (including phenoxy) is 1. The second-order valence-corrected chi connectivity index (χ2v) is 5.60. The lowest BCUT2D eigenvalue weighted by Gasteiger charge is -2.23. The summed E-state index contributed by atoms with van der Waals surface area (Å²) in [4.78, 5) is 13.8. The summed E-state index contributed by atoms with van der Waals surface area (Å²) in [6.07, 6.45) is 0.335. The number of halogens is 1. The van der Waals surface area contributed by atoms with Gasteiger partial charge in [0.2, 0.25) is 0 Å². The third-order valence-electron chi connectivity index (χ3n) is 3.99. The molecule has 1 aliphatic heterocycles. The summed E-state index contributed by atoms with van der Waals surface area (Å²) in [6.45, 7) is 4.80. The lowest BCUT2D eigenvalue weighted by molar-refractivity contribution is -0.142. The number of nitrogens with zero attached hydrogens (tertiary/aromatic N) is 1. The number of likely N-dealkylation sites (tertiary alicyclic amines) is 1. The molecule has 0 aliphatic carbocycles. The van der Waals surface area contributed by atoms with Gasteiger partial charge in [0.1, 0.15) is 23.8 Å². The van der Waals surface area contributed by atoms with Gasteiger partial charge in [-0.15, -0.1) is 0 Å². The minimum atomic E-state index is -0.956. The standard InChI is InChI=1S/C16H22FNO3/c1-3-11(2)15(19)16(20)18-8-7-14(10-18)21-13-6-4-5-12(17)9-13/h4-6,9,11,14-15,19H,3,7-8,10H2,1-2H3. The fourth-order valence-corrected chi connectivity index (χ4v) is 2.41. The Balaban J connectivity index is 1.90. The summed E-state index contributed by atoms with van der Waals surface area (Å²) >= 11 is 0. The minimum Gasteiger partial charge on any atom is -0.488 e. The molecular formula is C16H22FNO3. The topological polar surface area (TPSA) is 49.8 Å². The van der Waals surface area contributed by atoms with Crippen molar-refractivity contribution < 1.29 is 19.0 Å². The molecule has 1 fully saturated rings. The summed E-state index contributed by atoms with van der Waals surface area (Å²) in [5.41, 5.74) is 0. The first-order valence-electron chi connectivity index (χ1n) is 7.40. The number of benzene rings is 1. The predicted molar refractivity (Wildman–Crippen MR) is 77.5 cm³/mol. The van der Waals surface area contributed by atoms with Gasteiger partial charge in [0, 0.05) is 19.0 Å². The highest BCUT2D eigenvalue weighted by Crippen LogP contribution is 2.21. The molecule has 1 amide bonds. The zero-order valence-corrected chi connectivity index (χ0v) is 12.5. The largest absolute Gasteiger partial charge is 0.488 e. The molecule has 3 unspecified atom stereocenters. The highest BCUT2D eigenvalue weighted by atomic mass is 19.1. The molecule has 1 aromatic carbocycles. The van der Waals surface area contributed by atoms with Crippen LogP contribution in [0.4, 0.5) is 4.39 Å². The fraction of sp³-hybridized carbons (Fsp3) is 0.562. The quantitative estimate of drug-likeness (QED) is 0.906. The molecule has 116 valence electrons. The number of amides is 1. The molecule has 1 heterocycles. The molecular weight excluding hydrogens is 273 g/mol. The molecule has 1 aromatic rings. The smallest absolute Gasteiger partial charge is 0.251 e. The van der Waals surface area contributed by atoms with E-state index in [9.17, 15) is 14.3 Å². The van der Waals surface area contributed by atoms with Crippen molar-refractivity contribution in [2.45, 2.75) is 38.9 Å². The van der Waals surface area contributed by atoms with E-state index in [0.717, 1.165) is 6.42 Å². The Morgan fingerprint density at radius 3 is 3.00 bits per heavy atom. The SMILES string of the molecule is CCC(C)C(O)C(=O)N1CCC(Oc2cccc(F)c2)C1. The van der Waals surface area contributed by atoms with Gasteiger partial charge in [-0.05, 0) is 18.1 Å². The average molecular weight is 295 g/mol. The van der Waals surface area contributed by atoms with Crippen LogP contribution in [-0.4, -0.2) is 41.2 Å². The van der Waals surface area contributed by atoms with Gasteiger partial charge in [0.15, 0.2) is 0 Å². The van der Waals surface area contributed by atoms with Crippen LogP contribution in [0.3, 0.4) is 0 Å². The van der Waals surface area contributed by atoms with E-state index in [1.807, 2.05) is 13.8 Å². The van der Waals surface area contributed by atoms with E-state index in [2.05, 4.69) is 0 Å². The van der Waals surface area contributed by atoms with Crippen molar-refractivity contribution in [3.05, 3.63) is 30.1 Å². The number of carbonyl (C=O) groups is 1. The zero-order chi connectivity index (χ0) is 15.4. The molecule has 3 atom stereocenters. The van der Waals surface area contributed by atoms with Gasteiger partial charge in [0.25, 0.3) is 5.91 Å². The number of aliphatic hydroxyl groups is 1. The molecule has 1 N–H and O–H groups in total. The molecule has 2 rings (SSSR count). The summed E-state index contributed by atoms with van der Waals surface area (Å²) < 4.78 is 18.8. The zero-order valence-electron chi connectivity index (χ0n) is 12.5. The van der Waals surface area contributed by atoms with Crippen molar-refractivity contribution in [3.63, 3.8) is 0 Å². The Kier molecular flexibility index (Phi) is 5.17. The van der Waals surface area contributed by atoms with Crippen LogP contribution in [0.1, 0.15) is 26.7 Å². The van der Waals surface area contributed by atoms with Crippen molar-refractivity contribution in [2.75, 3.05) is 13.1 Å². The van der Waals surface area contributed by atoms with Crippen LogP contribution < -0.4 is 4.74 Å². The molecule has 0 saturated carbocycles. The Labute approximate surface area is 124 Å². The Morgan fingerprint density at radius 2 is 2.33 bits per heavy atom. The molecule has 0 bridgehead atoms. The second-order valence-electron chi connectivity index (χ2n) is 5.60. The van der Waals surface area contributed by atoms with Crippen LogP contribution >= 0.6 is 0 Å². The van der Waals surface area contributed by atoms with Crippen LogP contribution in [0.5, 0.6) is 5.75 Å². The average Bonchev–Trinajstić information content (AvgIpc) is 2.93.